The van der Waals surface area contributed by atoms with Gasteiger partial charge in [0.25, 0.3) is 0 Å². The summed E-state index contributed by atoms with van der Waals surface area (Å²) in [6.45, 7) is 0.552. The number of aromatic nitrogens is 4. The van der Waals surface area contributed by atoms with E-state index in [4.69, 9.17) is 4.98 Å². The summed E-state index contributed by atoms with van der Waals surface area (Å²) < 4.78 is 4.08. The molecule has 0 spiro atoms. The Kier molecular flexibility index (Phi) is 3.46. The number of pyridine rings is 1. The van der Waals surface area contributed by atoms with E-state index in [1.807, 2.05) is 36.9 Å². The van der Waals surface area contributed by atoms with Gasteiger partial charge in [0.05, 0.1) is 24.1 Å². The fourth-order valence-electron chi connectivity index (χ4n) is 3.26. The molecule has 0 bridgehead atoms. The lowest BCUT2D eigenvalue weighted by atomic mass is 10.1. The van der Waals surface area contributed by atoms with Crippen molar-refractivity contribution >= 4 is 27.9 Å². The predicted molar refractivity (Wildman–Crippen MR) is 96.1 cm³/mol. The molecular weight excluding hydrogens is 302 g/mol. The van der Waals surface area contributed by atoms with E-state index in [1.54, 1.807) is 6.33 Å². The van der Waals surface area contributed by atoms with E-state index in [-0.39, 0.29) is 6.61 Å². The van der Waals surface area contributed by atoms with E-state index in [0.717, 1.165) is 39.1 Å². The molecular formula is C18H19N5O. The molecule has 0 aliphatic heterocycles. The van der Waals surface area contributed by atoms with Crippen molar-refractivity contribution in [1.29, 1.82) is 0 Å². The van der Waals surface area contributed by atoms with Gasteiger partial charge in [-0.1, -0.05) is 30.3 Å². The molecule has 6 nitrogen and oxygen atoms in total. The number of aliphatic hydroxyl groups is 1. The van der Waals surface area contributed by atoms with Crippen molar-refractivity contribution in [3.63, 3.8) is 0 Å². The van der Waals surface area contributed by atoms with Crippen LogP contribution in [0.3, 0.4) is 0 Å². The highest BCUT2D eigenvalue weighted by Gasteiger charge is 2.18. The molecule has 3 aromatic heterocycles. The molecule has 2 N–H and O–H groups in total. The number of benzene rings is 1. The van der Waals surface area contributed by atoms with Crippen LogP contribution in [0, 0.1) is 0 Å². The van der Waals surface area contributed by atoms with Crippen LogP contribution >= 0.6 is 0 Å². The van der Waals surface area contributed by atoms with Crippen molar-refractivity contribution in [2.45, 2.75) is 6.54 Å². The van der Waals surface area contributed by atoms with E-state index < -0.39 is 0 Å². The Labute approximate surface area is 139 Å². The van der Waals surface area contributed by atoms with E-state index in [2.05, 4.69) is 33.1 Å². The van der Waals surface area contributed by atoms with Gasteiger partial charge in [-0.2, -0.15) is 0 Å². The number of nitrogens with one attached hydrogen (secondary N) is 1. The summed E-state index contributed by atoms with van der Waals surface area (Å²) in [6.07, 6.45) is 1.80. The van der Waals surface area contributed by atoms with Gasteiger partial charge < -0.3 is 19.6 Å². The van der Waals surface area contributed by atoms with Gasteiger partial charge in [0.2, 0.25) is 0 Å². The van der Waals surface area contributed by atoms with Crippen molar-refractivity contribution in [1.82, 2.24) is 19.1 Å². The highest BCUT2D eigenvalue weighted by Crippen LogP contribution is 2.34. The normalized spacial score (nSPS) is 11.5. The number of aliphatic hydroxyl groups excluding tert-OH is 1. The van der Waals surface area contributed by atoms with Crippen LogP contribution in [0.25, 0.3) is 33.3 Å². The molecule has 0 saturated carbocycles. The number of imidazole rings is 1. The second-order valence-electron chi connectivity index (χ2n) is 5.77. The minimum Gasteiger partial charge on any atom is -0.395 e. The van der Waals surface area contributed by atoms with Gasteiger partial charge >= 0.3 is 0 Å². The average molecular weight is 321 g/mol. The fourth-order valence-corrected chi connectivity index (χ4v) is 3.26. The monoisotopic (exact) mass is 321 g/mol. The van der Waals surface area contributed by atoms with Crippen LogP contribution in [0.5, 0.6) is 0 Å². The number of anilines is 1. The number of nitrogens with zero attached hydrogens (tertiary/aromatic N) is 4. The zero-order chi connectivity index (χ0) is 16.7. The van der Waals surface area contributed by atoms with Gasteiger partial charge in [0.15, 0.2) is 5.82 Å². The molecule has 0 radical (unpaired) electrons. The standard InChI is InChI=1S/C18H19N5O/c1-19-17-15-16(22(2)11-20-15)13-10-14(12-6-4-3-5-7-12)23(8-9-24)18(13)21-17/h3-7,10-11,24H,8-9H2,1-2H3,(H,19,21). The number of fused-ring (bicyclic) bond motifs is 3. The first-order chi connectivity index (χ1) is 11.7. The molecule has 0 aliphatic rings. The van der Waals surface area contributed by atoms with Crippen molar-refractivity contribution in [3.8, 4) is 11.3 Å². The summed E-state index contributed by atoms with van der Waals surface area (Å²) in [4.78, 5) is 9.24. The SMILES string of the molecule is CNc1nc2c(cc(-c3ccccc3)n2CCO)c2c1ncn2C. The van der Waals surface area contributed by atoms with Crippen molar-refractivity contribution in [3.05, 3.63) is 42.7 Å². The Morgan fingerprint density at radius 2 is 2.00 bits per heavy atom. The minimum atomic E-state index is 0.0591. The number of rotatable bonds is 4. The van der Waals surface area contributed by atoms with E-state index in [0.29, 0.717) is 6.54 Å². The Morgan fingerprint density at radius 3 is 2.71 bits per heavy atom. The first kappa shape index (κ1) is 14.7. The first-order valence-electron chi connectivity index (χ1n) is 7.93. The Hall–Kier alpha value is -2.86. The third-order valence-electron chi connectivity index (χ3n) is 4.33. The van der Waals surface area contributed by atoms with Crippen LogP contribution in [-0.4, -0.2) is 37.9 Å². The van der Waals surface area contributed by atoms with Crippen LogP contribution in [0.15, 0.2) is 42.7 Å². The molecule has 3 heterocycles. The van der Waals surface area contributed by atoms with Gasteiger partial charge in [-0.05, 0) is 11.6 Å². The summed E-state index contributed by atoms with van der Waals surface area (Å²) in [6, 6.07) is 12.3. The molecule has 0 aliphatic carbocycles. The smallest absolute Gasteiger partial charge is 0.156 e. The number of hydrogen-bond acceptors (Lipinski definition) is 4. The van der Waals surface area contributed by atoms with Gasteiger partial charge in [-0.3, -0.25) is 0 Å². The topological polar surface area (TPSA) is 67.9 Å². The van der Waals surface area contributed by atoms with Crippen molar-refractivity contribution < 1.29 is 5.11 Å². The molecule has 122 valence electrons. The third-order valence-corrected chi connectivity index (χ3v) is 4.33. The minimum absolute atomic E-state index is 0.0591. The van der Waals surface area contributed by atoms with E-state index >= 15 is 0 Å². The lowest BCUT2D eigenvalue weighted by molar-refractivity contribution is 0.278. The maximum Gasteiger partial charge on any atom is 0.156 e. The molecule has 0 amide bonds. The second kappa shape index (κ2) is 5.65. The summed E-state index contributed by atoms with van der Waals surface area (Å²) in [5, 5.41) is 13.7. The second-order valence-corrected chi connectivity index (χ2v) is 5.77. The molecule has 4 rings (SSSR count). The maximum atomic E-state index is 9.54. The summed E-state index contributed by atoms with van der Waals surface area (Å²) >= 11 is 0. The Bertz CT molecular complexity index is 1020. The summed E-state index contributed by atoms with van der Waals surface area (Å²) in [7, 11) is 3.83. The largest absolute Gasteiger partial charge is 0.395 e. The van der Waals surface area contributed by atoms with Gasteiger partial charge in [0, 0.05) is 26.0 Å². The summed E-state index contributed by atoms with van der Waals surface area (Å²) in [5.74, 6) is 0.745. The number of aryl methyl sites for hydroxylation is 1. The molecule has 4 aromatic rings. The fraction of sp³-hybridized carbons (Fsp3) is 0.222. The third kappa shape index (κ3) is 2.07. The first-order valence-corrected chi connectivity index (χ1v) is 7.93. The van der Waals surface area contributed by atoms with Gasteiger partial charge in [-0.15, -0.1) is 0 Å². The Balaban J connectivity index is 2.13. The van der Waals surface area contributed by atoms with Crippen LogP contribution in [0.1, 0.15) is 0 Å². The molecule has 0 unspecified atom stereocenters. The van der Waals surface area contributed by atoms with Gasteiger partial charge in [-0.25, -0.2) is 9.97 Å². The maximum absolute atomic E-state index is 9.54. The lowest BCUT2D eigenvalue weighted by Crippen LogP contribution is -2.06. The molecule has 0 fully saturated rings. The van der Waals surface area contributed by atoms with Crippen LogP contribution in [0.2, 0.25) is 0 Å². The summed E-state index contributed by atoms with van der Waals surface area (Å²) in [5.41, 5.74) is 4.89. The van der Waals surface area contributed by atoms with Crippen molar-refractivity contribution in [2.24, 2.45) is 7.05 Å². The van der Waals surface area contributed by atoms with Crippen LogP contribution in [0.4, 0.5) is 5.82 Å². The molecule has 0 saturated heterocycles. The molecule has 0 atom stereocenters. The van der Waals surface area contributed by atoms with Gasteiger partial charge in [0.1, 0.15) is 11.2 Å². The van der Waals surface area contributed by atoms with E-state index in [9.17, 15) is 5.11 Å². The van der Waals surface area contributed by atoms with Crippen molar-refractivity contribution in [2.75, 3.05) is 19.0 Å². The highest BCUT2D eigenvalue weighted by molar-refractivity contribution is 6.07. The highest BCUT2D eigenvalue weighted by atomic mass is 16.3. The quantitative estimate of drug-likeness (QED) is 0.606. The molecule has 24 heavy (non-hydrogen) atoms. The van der Waals surface area contributed by atoms with Crippen LogP contribution < -0.4 is 5.32 Å². The number of hydrogen-bond donors (Lipinski definition) is 2. The lowest BCUT2D eigenvalue weighted by Gasteiger charge is -2.10. The molecule has 6 heteroatoms. The Morgan fingerprint density at radius 1 is 1.21 bits per heavy atom. The van der Waals surface area contributed by atoms with E-state index in [1.165, 1.54) is 0 Å². The zero-order valence-electron chi connectivity index (χ0n) is 13.7. The predicted octanol–water partition coefficient (Wildman–Crippen LogP) is 2.62. The average Bonchev–Trinajstić information content (AvgIpc) is 3.17. The zero-order valence-corrected chi connectivity index (χ0v) is 13.7. The molecule has 1 aromatic carbocycles. The van der Waals surface area contributed by atoms with Crippen LogP contribution in [-0.2, 0) is 13.6 Å².